The average Bonchev–Trinajstić information content (AvgIpc) is 3.14. The quantitative estimate of drug-likeness (QED) is 0.894. The van der Waals surface area contributed by atoms with E-state index in [4.69, 9.17) is 0 Å². The van der Waals surface area contributed by atoms with Crippen molar-refractivity contribution in [3.8, 4) is 6.07 Å². The molecule has 1 aromatic carbocycles. The number of fused-ring (bicyclic) bond motifs is 1. The van der Waals surface area contributed by atoms with Gasteiger partial charge < -0.3 is 9.88 Å². The zero-order valence-electron chi connectivity index (χ0n) is 10.8. The minimum absolute atomic E-state index is 0.663. The van der Waals surface area contributed by atoms with Gasteiger partial charge in [-0.25, -0.2) is 0 Å². The number of hydrogen-bond acceptors (Lipinski definition) is 2. The van der Waals surface area contributed by atoms with Crippen LogP contribution in [0.4, 0.5) is 0 Å². The predicted molar refractivity (Wildman–Crippen MR) is 72.2 cm³/mol. The van der Waals surface area contributed by atoms with Crippen LogP contribution in [-0.2, 0) is 13.6 Å². The average molecular weight is 239 g/mol. The fourth-order valence-corrected chi connectivity index (χ4v) is 2.61. The van der Waals surface area contributed by atoms with Crippen molar-refractivity contribution in [2.75, 3.05) is 0 Å². The summed E-state index contributed by atoms with van der Waals surface area (Å²) >= 11 is 0. The highest BCUT2D eigenvalue weighted by Gasteiger charge is 2.22. The lowest BCUT2D eigenvalue weighted by atomic mass is 10.1. The number of hydrogen-bond donors (Lipinski definition) is 1. The second-order valence-corrected chi connectivity index (χ2v) is 5.12. The summed E-state index contributed by atoms with van der Waals surface area (Å²) in [5.74, 6) is 0. The van der Waals surface area contributed by atoms with Gasteiger partial charge in [0, 0.05) is 36.1 Å². The van der Waals surface area contributed by atoms with Crippen molar-refractivity contribution in [3.05, 3.63) is 35.0 Å². The zero-order valence-corrected chi connectivity index (χ0v) is 10.8. The molecule has 3 nitrogen and oxygen atoms in total. The topological polar surface area (TPSA) is 40.8 Å². The molecule has 18 heavy (non-hydrogen) atoms. The van der Waals surface area contributed by atoms with Crippen molar-refractivity contribution >= 4 is 10.9 Å². The minimum Gasteiger partial charge on any atom is -0.335 e. The van der Waals surface area contributed by atoms with E-state index in [1.807, 2.05) is 11.6 Å². The van der Waals surface area contributed by atoms with Crippen LogP contribution in [0.2, 0.25) is 0 Å². The molecule has 0 aliphatic heterocycles. The van der Waals surface area contributed by atoms with E-state index in [0.717, 1.165) is 23.3 Å². The molecule has 1 N–H and O–H groups in total. The van der Waals surface area contributed by atoms with E-state index in [1.54, 1.807) is 0 Å². The fraction of sp³-hybridized carbons (Fsp3) is 0.400. The third-order valence-electron chi connectivity index (χ3n) is 3.79. The third-order valence-corrected chi connectivity index (χ3v) is 3.79. The van der Waals surface area contributed by atoms with Crippen LogP contribution in [0, 0.1) is 18.3 Å². The van der Waals surface area contributed by atoms with Crippen LogP contribution in [0.3, 0.4) is 0 Å². The minimum atomic E-state index is 0.663. The van der Waals surface area contributed by atoms with Gasteiger partial charge in [0.1, 0.15) is 11.8 Å². The Hall–Kier alpha value is -1.79. The monoisotopic (exact) mass is 239 g/mol. The lowest BCUT2D eigenvalue weighted by Gasteiger charge is -2.04. The molecule has 0 spiro atoms. The van der Waals surface area contributed by atoms with Gasteiger partial charge in [-0.15, -0.1) is 0 Å². The molecule has 1 aliphatic carbocycles. The maximum Gasteiger partial charge on any atom is 0.125 e. The maximum atomic E-state index is 9.37. The standard InChI is InChI=1S/C15H17N3/c1-10-4-3-5-13-15(10)12(9-17-11-6-7-11)14(8-16)18(13)2/h3-5,11,17H,6-7,9H2,1-2H3. The SMILES string of the molecule is Cc1cccc2c1c(CNC1CC1)c(C#N)n2C. The van der Waals surface area contributed by atoms with Crippen LogP contribution < -0.4 is 5.32 Å². The molecule has 1 aromatic heterocycles. The normalized spacial score (nSPS) is 14.9. The van der Waals surface area contributed by atoms with Crippen LogP contribution in [0.25, 0.3) is 10.9 Å². The highest BCUT2D eigenvalue weighted by Crippen LogP contribution is 2.29. The Morgan fingerprint density at radius 2 is 2.22 bits per heavy atom. The molecule has 3 rings (SSSR count). The van der Waals surface area contributed by atoms with Crippen LogP contribution in [0.1, 0.15) is 29.7 Å². The highest BCUT2D eigenvalue weighted by molar-refractivity contribution is 5.89. The summed E-state index contributed by atoms with van der Waals surface area (Å²) in [7, 11) is 1.97. The van der Waals surface area contributed by atoms with Crippen molar-refractivity contribution < 1.29 is 0 Å². The van der Waals surface area contributed by atoms with E-state index in [9.17, 15) is 5.26 Å². The second kappa shape index (κ2) is 4.15. The van der Waals surface area contributed by atoms with Crippen molar-refractivity contribution in [1.82, 2.24) is 9.88 Å². The molecule has 0 atom stereocenters. The molecular weight excluding hydrogens is 222 g/mol. The van der Waals surface area contributed by atoms with Gasteiger partial charge in [-0.1, -0.05) is 12.1 Å². The van der Waals surface area contributed by atoms with Crippen molar-refractivity contribution in [3.63, 3.8) is 0 Å². The summed E-state index contributed by atoms with van der Waals surface area (Å²) in [4.78, 5) is 0. The molecule has 0 bridgehead atoms. The summed E-state index contributed by atoms with van der Waals surface area (Å²) in [5.41, 5.74) is 4.34. The molecule has 1 fully saturated rings. The molecular formula is C15H17N3. The molecule has 1 heterocycles. The van der Waals surface area contributed by atoms with Gasteiger partial charge in [0.05, 0.1) is 0 Å². The first-order valence-electron chi connectivity index (χ1n) is 6.42. The molecule has 0 saturated heterocycles. The summed E-state index contributed by atoms with van der Waals surface area (Å²) in [5, 5.41) is 14.1. The molecule has 2 aromatic rings. The largest absolute Gasteiger partial charge is 0.335 e. The fourth-order valence-electron chi connectivity index (χ4n) is 2.61. The summed E-state index contributed by atoms with van der Waals surface area (Å²) < 4.78 is 2.01. The maximum absolute atomic E-state index is 9.37. The first-order chi connectivity index (χ1) is 8.72. The van der Waals surface area contributed by atoms with Gasteiger partial charge in [0.15, 0.2) is 0 Å². The Bertz CT molecular complexity index is 642. The molecule has 0 amide bonds. The van der Waals surface area contributed by atoms with Gasteiger partial charge in [0.2, 0.25) is 0 Å². The van der Waals surface area contributed by atoms with Gasteiger partial charge in [-0.3, -0.25) is 0 Å². The van der Waals surface area contributed by atoms with E-state index >= 15 is 0 Å². The lowest BCUT2D eigenvalue weighted by molar-refractivity contribution is 0.687. The van der Waals surface area contributed by atoms with E-state index in [-0.39, 0.29) is 0 Å². The summed E-state index contributed by atoms with van der Waals surface area (Å²) in [6.45, 7) is 2.92. The number of rotatable bonds is 3. The number of nitrogens with zero attached hydrogens (tertiary/aromatic N) is 2. The number of aromatic nitrogens is 1. The number of nitriles is 1. The van der Waals surface area contributed by atoms with E-state index in [2.05, 4.69) is 36.5 Å². The highest BCUT2D eigenvalue weighted by atomic mass is 15.0. The Morgan fingerprint density at radius 1 is 1.44 bits per heavy atom. The van der Waals surface area contributed by atoms with E-state index in [0.29, 0.717) is 6.04 Å². The molecule has 3 heteroatoms. The van der Waals surface area contributed by atoms with E-state index < -0.39 is 0 Å². The molecule has 0 unspecified atom stereocenters. The Labute approximate surface area is 107 Å². The Kier molecular flexibility index (Phi) is 2.61. The zero-order chi connectivity index (χ0) is 12.7. The first kappa shape index (κ1) is 11.3. The number of benzene rings is 1. The lowest BCUT2D eigenvalue weighted by Crippen LogP contribution is -2.16. The molecule has 1 saturated carbocycles. The summed E-state index contributed by atoms with van der Waals surface area (Å²) in [6, 6.07) is 9.27. The molecule has 92 valence electrons. The van der Waals surface area contributed by atoms with Crippen LogP contribution in [0.5, 0.6) is 0 Å². The van der Waals surface area contributed by atoms with Gasteiger partial charge in [-0.2, -0.15) is 5.26 Å². The van der Waals surface area contributed by atoms with Gasteiger partial charge in [-0.05, 0) is 31.4 Å². The smallest absolute Gasteiger partial charge is 0.125 e. The van der Waals surface area contributed by atoms with Gasteiger partial charge >= 0.3 is 0 Å². The van der Waals surface area contributed by atoms with Crippen molar-refractivity contribution in [2.24, 2.45) is 7.05 Å². The second-order valence-electron chi connectivity index (χ2n) is 5.12. The first-order valence-corrected chi connectivity index (χ1v) is 6.42. The Balaban J connectivity index is 2.16. The number of nitrogens with one attached hydrogen (secondary N) is 1. The third kappa shape index (κ3) is 1.70. The number of aryl methyl sites for hydroxylation is 2. The molecule has 1 aliphatic rings. The van der Waals surface area contributed by atoms with Crippen molar-refractivity contribution in [1.29, 1.82) is 5.26 Å². The molecule has 0 radical (unpaired) electrons. The Morgan fingerprint density at radius 3 is 2.89 bits per heavy atom. The summed E-state index contributed by atoms with van der Waals surface area (Å²) in [6.07, 6.45) is 2.54. The van der Waals surface area contributed by atoms with E-state index in [1.165, 1.54) is 23.8 Å². The van der Waals surface area contributed by atoms with Crippen molar-refractivity contribution in [2.45, 2.75) is 32.4 Å². The van der Waals surface area contributed by atoms with Crippen LogP contribution in [0.15, 0.2) is 18.2 Å². The van der Waals surface area contributed by atoms with Crippen LogP contribution >= 0.6 is 0 Å². The van der Waals surface area contributed by atoms with Crippen LogP contribution in [-0.4, -0.2) is 10.6 Å². The predicted octanol–water partition coefficient (Wildman–Crippen LogP) is 2.61. The van der Waals surface area contributed by atoms with Gasteiger partial charge in [0.25, 0.3) is 0 Å².